The van der Waals surface area contributed by atoms with Crippen LogP contribution in [0.5, 0.6) is 17.2 Å². The number of hydrazone groups is 1. The van der Waals surface area contributed by atoms with Gasteiger partial charge in [0, 0.05) is 11.1 Å². The highest BCUT2D eigenvalue weighted by Gasteiger charge is 2.13. The quantitative estimate of drug-likeness (QED) is 0.169. The Bertz CT molecular complexity index is 1420. The number of benzene rings is 4. The molecule has 4 aromatic carbocycles. The third-order valence-electron chi connectivity index (χ3n) is 5.39. The van der Waals surface area contributed by atoms with Crippen LogP contribution in [0.1, 0.15) is 27.0 Å². The zero-order chi connectivity index (χ0) is 26.9. The number of methoxy groups -OCH3 is 1. The summed E-state index contributed by atoms with van der Waals surface area (Å²) in [6.07, 6.45) is 1.39. The first-order valence-electron chi connectivity index (χ1n) is 11.5. The number of carbonyl (C=O) groups excluding carboxylic acids is 1. The highest BCUT2D eigenvalue weighted by Crippen LogP contribution is 2.34. The number of hydrogen-bond donors (Lipinski definition) is 1. The van der Waals surface area contributed by atoms with E-state index in [0.717, 1.165) is 5.56 Å². The molecule has 4 rings (SSSR count). The zero-order valence-corrected chi connectivity index (χ0v) is 21.8. The van der Waals surface area contributed by atoms with Crippen molar-refractivity contribution in [2.24, 2.45) is 5.10 Å². The molecule has 9 heteroatoms. The van der Waals surface area contributed by atoms with Crippen LogP contribution in [0.2, 0.25) is 10.0 Å². The minimum absolute atomic E-state index is 0.0326. The molecule has 0 aromatic heterocycles. The fraction of sp³-hybridized carbons (Fsp3) is 0.103. The Morgan fingerprint density at radius 3 is 2.32 bits per heavy atom. The largest absolute Gasteiger partial charge is 0.493 e. The molecule has 0 saturated carbocycles. The molecule has 0 aliphatic rings. The van der Waals surface area contributed by atoms with Gasteiger partial charge in [0.1, 0.15) is 19.0 Å². The van der Waals surface area contributed by atoms with Crippen molar-refractivity contribution in [1.29, 1.82) is 0 Å². The van der Waals surface area contributed by atoms with E-state index in [-0.39, 0.29) is 28.2 Å². The number of ether oxygens (including phenoxy) is 3. The number of nitrogens with zero attached hydrogens (tertiary/aromatic N) is 1. The first kappa shape index (κ1) is 27.0. The first-order chi connectivity index (χ1) is 18.4. The Morgan fingerprint density at radius 1 is 0.895 bits per heavy atom. The number of nitrogens with one attached hydrogen (secondary N) is 1. The lowest BCUT2D eigenvalue weighted by atomic mass is 10.2. The molecule has 0 aliphatic carbocycles. The van der Waals surface area contributed by atoms with Gasteiger partial charge in [-0.1, -0.05) is 71.7 Å². The number of amides is 1. The van der Waals surface area contributed by atoms with Gasteiger partial charge >= 0.3 is 0 Å². The van der Waals surface area contributed by atoms with Crippen molar-refractivity contribution in [3.63, 3.8) is 0 Å². The van der Waals surface area contributed by atoms with Crippen molar-refractivity contribution in [3.05, 3.63) is 123 Å². The van der Waals surface area contributed by atoms with Crippen LogP contribution >= 0.6 is 23.2 Å². The third kappa shape index (κ3) is 7.03. The lowest BCUT2D eigenvalue weighted by molar-refractivity contribution is 0.0954. The second-order valence-corrected chi connectivity index (χ2v) is 8.85. The summed E-state index contributed by atoms with van der Waals surface area (Å²) in [5.74, 6) is 0.321. The van der Waals surface area contributed by atoms with Gasteiger partial charge in [0.2, 0.25) is 0 Å². The van der Waals surface area contributed by atoms with E-state index in [1.807, 2.05) is 30.3 Å². The second-order valence-electron chi connectivity index (χ2n) is 8.03. The van der Waals surface area contributed by atoms with Crippen molar-refractivity contribution in [1.82, 2.24) is 5.43 Å². The Hall–Kier alpha value is -4.07. The van der Waals surface area contributed by atoms with Crippen molar-refractivity contribution in [2.75, 3.05) is 7.11 Å². The van der Waals surface area contributed by atoms with Crippen LogP contribution in [-0.4, -0.2) is 19.2 Å². The van der Waals surface area contributed by atoms with Crippen LogP contribution in [0.15, 0.2) is 90.0 Å². The van der Waals surface area contributed by atoms with E-state index in [1.165, 1.54) is 19.4 Å². The number of halogens is 3. The van der Waals surface area contributed by atoms with Gasteiger partial charge in [-0.2, -0.15) is 5.10 Å². The Kier molecular flexibility index (Phi) is 9.19. The molecule has 0 heterocycles. The topological polar surface area (TPSA) is 69.2 Å². The van der Waals surface area contributed by atoms with E-state index in [2.05, 4.69) is 10.5 Å². The number of carbonyl (C=O) groups is 1. The summed E-state index contributed by atoms with van der Waals surface area (Å²) in [4.78, 5) is 12.6. The molecule has 1 amide bonds. The van der Waals surface area contributed by atoms with Crippen molar-refractivity contribution >= 4 is 35.3 Å². The highest BCUT2D eigenvalue weighted by atomic mass is 35.5. The van der Waals surface area contributed by atoms with Gasteiger partial charge in [-0.15, -0.1) is 0 Å². The number of hydrogen-bond acceptors (Lipinski definition) is 5. The molecule has 0 saturated heterocycles. The second kappa shape index (κ2) is 12.9. The predicted octanol–water partition coefficient (Wildman–Crippen LogP) is 7.06. The van der Waals surface area contributed by atoms with Crippen LogP contribution in [0.4, 0.5) is 4.39 Å². The van der Waals surface area contributed by atoms with Gasteiger partial charge < -0.3 is 14.2 Å². The predicted molar refractivity (Wildman–Crippen MR) is 146 cm³/mol. The van der Waals surface area contributed by atoms with Gasteiger partial charge in [0.05, 0.1) is 23.4 Å². The average molecular weight is 553 g/mol. The molecule has 0 atom stereocenters. The molecular weight excluding hydrogens is 530 g/mol. The fourth-order valence-electron chi connectivity index (χ4n) is 3.45. The summed E-state index contributed by atoms with van der Waals surface area (Å²) >= 11 is 12.6. The normalized spacial score (nSPS) is 10.8. The Morgan fingerprint density at radius 2 is 1.61 bits per heavy atom. The summed E-state index contributed by atoms with van der Waals surface area (Å²) in [7, 11) is 1.50. The lowest BCUT2D eigenvalue weighted by Gasteiger charge is -2.12. The van der Waals surface area contributed by atoms with E-state index >= 15 is 0 Å². The molecule has 4 aromatic rings. The van der Waals surface area contributed by atoms with Crippen LogP contribution < -0.4 is 19.6 Å². The zero-order valence-electron chi connectivity index (χ0n) is 20.3. The highest BCUT2D eigenvalue weighted by molar-refractivity contribution is 6.37. The summed E-state index contributed by atoms with van der Waals surface area (Å²) in [5.41, 5.74) is 4.70. The van der Waals surface area contributed by atoms with Crippen LogP contribution in [0.3, 0.4) is 0 Å². The molecule has 6 nitrogen and oxygen atoms in total. The summed E-state index contributed by atoms with van der Waals surface area (Å²) < 4.78 is 30.7. The summed E-state index contributed by atoms with van der Waals surface area (Å²) in [6, 6.07) is 24.0. The Balaban J connectivity index is 1.37. The van der Waals surface area contributed by atoms with Gasteiger partial charge in [-0.3, -0.25) is 4.79 Å². The van der Waals surface area contributed by atoms with Crippen molar-refractivity contribution < 1.29 is 23.4 Å². The van der Waals surface area contributed by atoms with Crippen LogP contribution in [-0.2, 0) is 13.2 Å². The average Bonchev–Trinajstić information content (AvgIpc) is 2.92. The van der Waals surface area contributed by atoms with Crippen LogP contribution in [0.25, 0.3) is 0 Å². The Labute approximate surface area is 229 Å². The minimum atomic E-state index is -0.448. The maximum Gasteiger partial charge on any atom is 0.271 e. The summed E-state index contributed by atoms with van der Waals surface area (Å²) in [6.45, 7) is 0.334. The van der Waals surface area contributed by atoms with Crippen molar-refractivity contribution in [2.45, 2.75) is 13.2 Å². The van der Waals surface area contributed by atoms with E-state index in [4.69, 9.17) is 37.4 Å². The molecule has 0 fully saturated rings. The van der Waals surface area contributed by atoms with E-state index < -0.39 is 5.91 Å². The molecule has 0 unspecified atom stereocenters. The molecule has 0 radical (unpaired) electrons. The SMILES string of the molecule is COc1cc(C(=O)N/N=C/c2cc(Cl)c(OCc3ccccc3F)c(Cl)c2)ccc1OCc1ccccc1. The molecule has 0 spiro atoms. The maximum atomic E-state index is 13.8. The molecule has 1 N–H and O–H groups in total. The van der Waals surface area contributed by atoms with Crippen molar-refractivity contribution in [3.8, 4) is 17.2 Å². The van der Waals surface area contributed by atoms with E-state index in [1.54, 1.807) is 48.5 Å². The molecule has 0 aliphatic heterocycles. The monoisotopic (exact) mass is 552 g/mol. The summed E-state index contributed by atoms with van der Waals surface area (Å²) in [5, 5.41) is 4.42. The van der Waals surface area contributed by atoms with Gasteiger partial charge in [0.25, 0.3) is 5.91 Å². The lowest BCUT2D eigenvalue weighted by Crippen LogP contribution is -2.17. The number of rotatable bonds is 10. The van der Waals surface area contributed by atoms with E-state index in [9.17, 15) is 9.18 Å². The molecular formula is C29H23Cl2FN2O4. The molecule has 38 heavy (non-hydrogen) atoms. The minimum Gasteiger partial charge on any atom is -0.493 e. The van der Waals surface area contributed by atoms with E-state index in [0.29, 0.717) is 34.8 Å². The molecule has 0 bridgehead atoms. The maximum absolute atomic E-state index is 13.8. The smallest absolute Gasteiger partial charge is 0.271 e. The first-order valence-corrected chi connectivity index (χ1v) is 12.2. The molecule has 194 valence electrons. The van der Waals surface area contributed by atoms with Gasteiger partial charge in [-0.05, 0) is 47.5 Å². The third-order valence-corrected chi connectivity index (χ3v) is 5.95. The van der Waals surface area contributed by atoms with Gasteiger partial charge in [0.15, 0.2) is 17.2 Å². The standard InChI is InChI=1S/C29H23Cl2FN2O4/c1-36-27-15-21(11-12-26(27)37-17-19-7-3-2-4-8-19)29(35)34-33-16-20-13-23(30)28(24(31)14-20)38-18-22-9-5-6-10-25(22)32/h2-16H,17-18H2,1H3,(H,34,35)/b33-16+. The van der Waals surface area contributed by atoms with Gasteiger partial charge in [-0.25, -0.2) is 9.82 Å². The van der Waals surface area contributed by atoms with Crippen LogP contribution in [0, 0.1) is 5.82 Å². The fourth-order valence-corrected chi connectivity index (χ4v) is 4.06.